The van der Waals surface area contributed by atoms with Gasteiger partial charge in [-0.2, -0.15) is 4.98 Å². The second-order valence-electron chi connectivity index (χ2n) is 6.64. The van der Waals surface area contributed by atoms with Crippen LogP contribution in [0.4, 0.5) is 4.39 Å². The van der Waals surface area contributed by atoms with Crippen LogP contribution in [0.15, 0.2) is 57.5 Å². The smallest absolute Gasteiger partial charge is 0.232 e. The minimum atomic E-state index is -0.289. The van der Waals surface area contributed by atoms with Gasteiger partial charge in [-0.05, 0) is 48.9 Å². The first-order valence-corrected chi connectivity index (χ1v) is 9.45. The Labute approximate surface area is 164 Å². The predicted octanol–water partition coefficient (Wildman–Crippen LogP) is 4.72. The van der Waals surface area contributed by atoms with E-state index in [4.69, 9.17) is 4.52 Å². The fourth-order valence-electron chi connectivity index (χ4n) is 3.31. The number of benzene rings is 2. The number of aromatic nitrogens is 2. The fraction of sp³-hybridized carbons (Fsp3) is 0.250. The Morgan fingerprint density at radius 2 is 1.89 bits per heavy atom. The Hall–Kier alpha value is -2.54. The molecule has 1 saturated heterocycles. The van der Waals surface area contributed by atoms with Gasteiger partial charge in [0.2, 0.25) is 17.6 Å². The van der Waals surface area contributed by atoms with Gasteiger partial charge in [0.15, 0.2) is 0 Å². The Balaban J connectivity index is 1.50. The van der Waals surface area contributed by atoms with E-state index in [9.17, 15) is 9.18 Å². The summed E-state index contributed by atoms with van der Waals surface area (Å²) in [5, 5.41) is 4.05. The van der Waals surface area contributed by atoms with Gasteiger partial charge in [0.25, 0.3) is 0 Å². The van der Waals surface area contributed by atoms with Crippen molar-refractivity contribution in [2.75, 3.05) is 6.54 Å². The number of hydrogen-bond donors (Lipinski definition) is 0. The average Bonchev–Trinajstić information content (AvgIpc) is 3.29. The van der Waals surface area contributed by atoms with Crippen molar-refractivity contribution in [3.05, 3.63) is 70.3 Å². The van der Waals surface area contributed by atoms with Crippen LogP contribution in [0.2, 0.25) is 0 Å². The van der Waals surface area contributed by atoms with E-state index in [0.29, 0.717) is 24.7 Å². The molecule has 27 heavy (non-hydrogen) atoms. The standard InChI is InChI=1S/C20H17BrFN3O2/c1-12(13-4-8-17(22)9-5-13)25-11-15(10-18(25)26)20-23-19(24-27-20)14-2-6-16(21)7-3-14/h2-9,12,15H,10-11H2,1H3. The van der Waals surface area contributed by atoms with Crippen LogP contribution < -0.4 is 0 Å². The van der Waals surface area contributed by atoms with Crippen LogP contribution in [-0.4, -0.2) is 27.5 Å². The number of halogens is 2. The van der Waals surface area contributed by atoms with Gasteiger partial charge < -0.3 is 9.42 Å². The summed E-state index contributed by atoms with van der Waals surface area (Å²) in [7, 11) is 0. The molecule has 0 saturated carbocycles. The van der Waals surface area contributed by atoms with Gasteiger partial charge in [-0.3, -0.25) is 4.79 Å². The molecule has 3 aromatic rings. The highest BCUT2D eigenvalue weighted by atomic mass is 79.9. The lowest BCUT2D eigenvalue weighted by Gasteiger charge is -2.25. The fourth-order valence-corrected chi connectivity index (χ4v) is 3.57. The van der Waals surface area contributed by atoms with Crippen LogP contribution in [-0.2, 0) is 4.79 Å². The summed E-state index contributed by atoms with van der Waals surface area (Å²) in [5.41, 5.74) is 1.75. The van der Waals surface area contributed by atoms with Crippen LogP contribution in [0.3, 0.4) is 0 Å². The van der Waals surface area contributed by atoms with Crippen molar-refractivity contribution in [2.24, 2.45) is 0 Å². The maximum atomic E-state index is 13.1. The lowest BCUT2D eigenvalue weighted by atomic mass is 10.1. The Morgan fingerprint density at radius 3 is 2.59 bits per heavy atom. The zero-order valence-corrected chi connectivity index (χ0v) is 16.2. The number of amides is 1. The van der Waals surface area contributed by atoms with Gasteiger partial charge in [-0.15, -0.1) is 0 Å². The first kappa shape index (κ1) is 17.9. The average molecular weight is 430 g/mol. The number of rotatable bonds is 4. The van der Waals surface area contributed by atoms with Crippen molar-refractivity contribution in [2.45, 2.75) is 25.3 Å². The quantitative estimate of drug-likeness (QED) is 0.602. The highest BCUT2D eigenvalue weighted by Crippen LogP contribution is 2.34. The molecule has 1 aliphatic rings. The second-order valence-corrected chi connectivity index (χ2v) is 7.55. The molecule has 2 aromatic carbocycles. The molecule has 2 unspecified atom stereocenters. The van der Waals surface area contributed by atoms with Crippen molar-refractivity contribution < 1.29 is 13.7 Å². The lowest BCUT2D eigenvalue weighted by molar-refractivity contribution is -0.129. The molecule has 1 amide bonds. The zero-order chi connectivity index (χ0) is 19.0. The molecule has 0 bridgehead atoms. The Kier molecular flexibility index (Phi) is 4.78. The lowest BCUT2D eigenvalue weighted by Crippen LogP contribution is -2.28. The number of carbonyl (C=O) groups excluding carboxylic acids is 1. The summed E-state index contributed by atoms with van der Waals surface area (Å²) in [4.78, 5) is 18.8. The number of carbonyl (C=O) groups is 1. The maximum absolute atomic E-state index is 13.1. The normalized spacial score (nSPS) is 18.1. The van der Waals surface area contributed by atoms with E-state index in [-0.39, 0.29) is 23.7 Å². The van der Waals surface area contributed by atoms with Crippen molar-refractivity contribution >= 4 is 21.8 Å². The largest absolute Gasteiger partial charge is 0.339 e. The van der Waals surface area contributed by atoms with Gasteiger partial charge in [0.05, 0.1) is 12.0 Å². The summed E-state index contributed by atoms with van der Waals surface area (Å²) in [6.45, 7) is 2.44. The summed E-state index contributed by atoms with van der Waals surface area (Å²) in [6, 6.07) is 13.7. The third-order valence-electron chi connectivity index (χ3n) is 4.87. The van der Waals surface area contributed by atoms with Crippen LogP contribution in [0, 0.1) is 5.82 Å². The molecule has 0 N–H and O–H groups in total. The zero-order valence-electron chi connectivity index (χ0n) is 14.6. The van der Waals surface area contributed by atoms with Crippen LogP contribution in [0.5, 0.6) is 0 Å². The molecule has 0 spiro atoms. The molecule has 0 radical (unpaired) electrons. The molecule has 7 heteroatoms. The third kappa shape index (κ3) is 3.64. The van der Waals surface area contributed by atoms with Gasteiger partial charge in [-0.25, -0.2) is 4.39 Å². The predicted molar refractivity (Wildman–Crippen MR) is 101 cm³/mol. The molecule has 5 nitrogen and oxygen atoms in total. The molecule has 2 heterocycles. The molecule has 4 rings (SSSR count). The number of nitrogens with zero attached hydrogens (tertiary/aromatic N) is 3. The highest BCUT2D eigenvalue weighted by molar-refractivity contribution is 9.10. The van der Waals surface area contributed by atoms with E-state index < -0.39 is 0 Å². The van der Waals surface area contributed by atoms with Gasteiger partial charge >= 0.3 is 0 Å². The van der Waals surface area contributed by atoms with E-state index >= 15 is 0 Å². The van der Waals surface area contributed by atoms with Gasteiger partial charge in [0.1, 0.15) is 5.82 Å². The van der Waals surface area contributed by atoms with Crippen LogP contribution in [0.25, 0.3) is 11.4 Å². The second kappa shape index (κ2) is 7.23. The van der Waals surface area contributed by atoms with Crippen molar-refractivity contribution in [3.8, 4) is 11.4 Å². The van der Waals surface area contributed by atoms with E-state index in [1.807, 2.05) is 31.2 Å². The van der Waals surface area contributed by atoms with E-state index in [2.05, 4.69) is 26.1 Å². The molecular weight excluding hydrogens is 413 g/mol. The molecular formula is C20H17BrFN3O2. The van der Waals surface area contributed by atoms with Crippen molar-refractivity contribution in [1.82, 2.24) is 15.0 Å². The SMILES string of the molecule is CC(c1ccc(F)cc1)N1CC(c2nc(-c3ccc(Br)cc3)no2)CC1=O. The molecule has 2 atom stereocenters. The molecule has 0 aliphatic carbocycles. The third-order valence-corrected chi connectivity index (χ3v) is 5.40. The first-order chi connectivity index (χ1) is 13.0. The van der Waals surface area contributed by atoms with Crippen LogP contribution in [0.1, 0.15) is 36.8 Å². The van der Waals surface area contributed by atoms with E-state index in [0.717, 1.165) is 15.6 Å². The first-order valence-electron chi connectivity index (χ1n) is 8.66. The monoisotopic (exact) mass is 429 g/mol. The van der Waals surface area contributed by atoms with Crippen molar-refractivity contribution in [3.63, 3.8) is 0 Å². The Morgan fingerprint density at radius 1 is 1.19 bits per heavy atom. The van der Waals surface area contributed by atoms with Crippen LogP contribution >= 0.6 is 15.9 Å². The number of likely N-dealkylation sites (tertiary alicyclic amines) is 1. The minimum Gasteiger partial charge on any atom is -0.339 e. The number of hydrogen-bond acceptors (Lipinski definition) is 4. The van der Waals surface area contributed by atoms with Crippen molar-refractivity contribution in [1.29, 1.82) is 0 Å². The summed E-state index contributed by atoms with van der Waals surface area (Å²) in [5.74, 6) is 0.574. The highest BCUT2D eigenvalue weighted by Gasteiger charge is 2.37. The molecule has 1 aliphatic heterocycles. The maximum Gasteiger partial charge on any atom is 0.232 e. The minimum absolute atomic E-state index is 0.0280. The van der Waals surface area contributed by atoms with Gasteiger partial charge in [-0.1, -0.05) is 33.2 Å². The summed E-state index contributed by atoms with van der Waals surface area (Å²) in [6.07, 6.45) is 0.327. The molecule has 1 fully saturated rings. The van der Waals surface area contributed by atoms with Gasteiger partial charge in [0, 0.05) is 23.0 Å². The topological polar surface area (TPSA) is 59.2 Å². The molecule has 138 valence electrons. The Bertz CT molecular complexity index is 956. The summed E-state index contributed by atoms with van der Waals surface area (Å²) < 4.78 is 19.5. The summed E-state index contributed by atoms with van der Waals surface area (Å²) >= 11 is 3.40. The van der Waals surface area contributed by atoms with E-state index in [1.54, 1.807) is 17.0 Å². The van der Waals surface area contributed by atoms with E-state index in [1.165, 1.54) is 12.1 Å². The molecule has 1 aromatic heterocycles.